The van der Waals surface area contributed by atoms with Crippen LogP contribution in [0.5, 0.6) is 0 Å². The molecule has 5 rings (SSSR count). The molecular formula is C24H32N4O3. The molecule has 2 amide bonds. The van der Waals surface area contributed by atoms with E-state index in [9.17, 15) is 9.59 Å². The van der Waals surface area contributed by atoms with E-state index in [4.69, 9.17) is 4.74 Å². The summed E-state index contributed by atoms with van der Waals surface area (Å²) in [6.45, 7) is 3.09. The van der Waals surface area contributed by atoms with E-state index in [2.05, 4.69) is 15.5 Å². The zero-order chi connectivity index (χ0) is 21.2. The highest BCUT2D eigenvalue weighted by molar-refractivity contribution is 5.94. The lowest BCUT2D eigenvalue weighted by molar-refractivity contribution is -0.126. The van der Waals surface area contributed by atoms with E-state index in [-0.39, 0.29) is 23.8 Å². The van der Waals surface area contributed by atoms with Crippen molar-refractivity contribution < 1.29 is 14.3 Å². The molecule has 3 fully saturated rings. The number of ether oxygens (including phenoxy) is 1. The highest BCUT2D eigenvalue weighted by atomic mass is 16.5. The molecule has 0 spiro atoms. The Balaban J connectivity index is 1.30. The lowest BCUT2D eigenvalue weighted by atomic mass is 10.00. The molecule has 1 aliphatic carbocycles. The number of aromatic nitrogens is 1. The summed E-state index contributed by atoms with van der Waals surface area (Å²) in [4.78, 5) is 28.4. The van der Waals surface area contributed by atoms with Crippen LogP contribution in [0.3, 0.4) is 0 Å². The Morgan fingerprint density at radius 2 is 1.68 bits per heavy atom. The van der Waals surface area contributed by atoms with Crippen molar-refractivity contribution in [3.05, 3.63) is 42.2 Å². The zero-order valence-corrected chi connectivity index (χ0v) is 18.0. The predicted octanol–water partition coefficient (Wildman–Crippen LogP) is 2.21. The number of rotatable bonds is 5. The normalized spacial score (nSPS) is 25.8. The van der Waals surface area contributed by atoms with Gasteiger partial charge in [-0.15, -0.1) is 0 Å². The minimum atomic E-state index is -0.0518. The van der Waals surface area contributed by atoms with Crippen LogP contribution in [0.2, 0.25) is 0 Å². The first-order valence-electron chi connectivity index (χ1n) is 11.7. The lowest BCUT2D eigenvalue weighted by Crippen LogP contribution is -2.49. The topological polar surface area (TPSA) is 75.1 Å². The number of hydrogen-bond acceptors (Lipinski definition) is 4. The summed E-state index contributed by atoms with van der Waals surface area (Å²) < 4.78 is 7.48. The lowest BCUT2D eigenvalue weighted by Gasteiger charge is -2.36. The number of carbonyl (C=O) groups is 2. The molecule has 2 aliphatic heterocycles. The van der Waals surface area contributed by atoms with Gasteiger partial charge in [0.1, 0.15) is 5.69 Å². The van der Waals surface area contributed by atoms with E-state index in [0.29, 0.717) is 17.8 Å². The molecule has 31 heavy (non-hydrogen) atoms. The minimum absolute atomic E-state index is 0.0144. The largest absolute Gasteiger partial charge is 0.381 e. The van der Waals surface area contributed by atoms with Crippen molar-refractivity contribution >= 4 is 17.3 Å². The predicted molar refractivity (Wildman–Crippen MR) is 118 cm³/mol. The molecule has 7 nitrogen and oxygen atoms in total. The van der Waals surface area contributed by atoms with Crippen molar-refractivity contribution in [3.8, 4) is 0 Å². The smallest absolute Gasteiger partial charge is 0.268 e. The van der Waals surface area contributed by atoms with Crippen LogP contribution in [0.25, 0.3) is 5.52 Å². The van der Waals surface area contributed by atoms with Gasteiger partial charge in [0.2, 0.25) is 5.91 Å². The van der Waals surface area contributed by atoms with Gasteiger partial charge in [0, 0.05) is 56.1 Å². The van der Waals surface area contributed by atoms with Gasteiger partial charge in [-0.05, 0) is 62.8 Å². The SMILES string of the molecule is O=C(N[C@H]1CC[C@@H](C(=O)NC2CC2)CN(C2CCOCC2)C1)c1ccc2ccccn12. The monoisotopic (exact) mass is 424 g/mol. The number of fused-ring (bicyclic) bond motifs is 1. The number of likely N-dealkylation sites (tertiary alicyclic amines) is 1. The summed E-state index contributed by atoms with van der Waals surface area (Å²) in [5, 5.41) is 6.46. The van der Waals surface area contributed by atoms with Gasteiger partial charge >= 0.3 is 0 Å². The number of pyridine rings is 1. The molecule has 2 saturated heterocycles. The van der Waals surface area contributed by atoms with Gasteiger partial charge in [-0.25, -0.2) is 0 Å². The van der Waals surface area contributed by atoms with Crippen LogP contribution in [0, 0.1) is 5.92 Å². The number of nitrogens with zero attached hydrogens (tertiary/aromatic N) is 2. The second-order valence-electron chi connectivity index (χ2n) is 9.24. The number of hydrogen-bond donors (Lipinski definition) is 2. The quantitative estimate of drug-likeness (QED) is 0.772. The Morgan fingerprint density at radius 1 is 0.871 bits per heavy atom. The minimum Gasteiger partial charge on any atom is -0.381 e. The molecule has 166 valence electrons. The average molecular weight is 425 g/mol. The second-order valence-corrected chi connectivity index (χ2v) is 9.24. The van der Waals surface area contributed by atoms with Crippen LogP contribution in [0.4, 0.5) is 0 Å². The zero-order valence-electron chi connectivity index (χ0n) is 18.0. The molecule has 0 bridgehead atoms. The molecule has 3 aliphatic rings. The molecule has 4 heterocycles. The molecule has 0 radical (unpaired) electrons. The molecular weight excluding hydrogens is 392 g/mol. The summed E-state index contributed by atoms with van der Waals surface area (Å²) in [7, 11) is 0. The summed E-state index contributed by atoms with van der Waals surface area (Å²) >= 11 is 0. The second kappa shape index (κ2) is 9.01. The molecule has 0 aromatic carbocycles. The summed E-state index contributed by atoms with van der Waals surface area (Å²) in [5.74, 6) is 0.118. The fraction of sp³-hybridized carbons (Fsp3) is 0.583. The first-order chi connectivity index (χ1) is 15.2. The van der Waals surface area contributed by atoms with E-state index in [1.54, 1.807) is 0 Å². The van der Waals surface area contributed by atoms with Gasteiger partial charge in [0.25, 0.3) is 5.91 Å². The first kappa shape index (κ1) is 20.5. The van der Waals surface area contributed by atoms with Crippen molar-refractivity contribution in [2.75, 3.05) is 26.3 Å². The molecule has 2 N–H and O–H groups in total. The van der Waals surface area contributed by atoms with Crippen LogP contribution in [0.1, 0.15) is 49.0 Å². The van der Waals surface area contributed by atoms with Crippen molar-refractivity contribution in [3.63, 3.8) is 0 Å². The Morgan fingerprint density at radius 3 is 2.48 bits per heavy atom. The fourth-order valence-corrected chi connectivity index (χ4v) is 4.95. The molecule has 7 heteroatoms. The molecule has 2 aromatic rings. The van der Waals surface area contributed by atoms with E-state index in [1.807, 2.05) is 40.9 Å². The number of nitrogens with one attached hydrogen (secondary N) is 2. The molecule has 2 atom stereocenters. The molecule has 2 aromatic heterocycles. The van der Waals surface area contributed by atoms with Crippen LogP contribution < -0.4 is 10.6 Å². The van der Waals surface area contributed by atoms with E-state index in [1.165, 1.54) is 0 Å². The number of carbonyl (C=O) groups excluding carboxylic acids is 2. The third-order valence-electron chi connectivity index (χ3n) is 6.91. The summed E-state index contributed by atoms with van der Waals surface area (Å²) in [6, 6.07) is 10.6. The van der Waals surface area contributed by atoms with Crippen molar-refractivity contribution in [2.45, 2.75) is 56.7 Å². The van der Waals surface area contributed by atoms with Crippen LogP contribution in [-0.4, -0.2) is 65.5 Å². The molecule has 0 unspecified atom stereocenters. The Kier molecular flexibility index (Phi) is 5.96. The van der Waals surface area contributed by atoms with Crippen molar-refractivity contribution in [2.24, 2.45) is 5.92 Å². The van der Waals surface area contributed by atoms with Crippen molar-refractivity contribution in [1.82, 2.24) is 19.9 Å². The Bertz CT molecular complexity index is 932. The van der Waals surface area contributed by atoms with Gasteiger partial charge in [-0.3, -0.25) is 14.5 Å². The summed E-state index contributed by atoms with van der Waals surface area (Å²) in [5.41, 5.74) is 1.66. The van der Waals surface area contributed by atoms with Gasteiger partial charge in [0.05, 0.1) is 5.92 Å². The van der Waals surface area contributed by atoms with Crippen LogP contribution in [-0.2, 0) is 9.53 Å². The van der Waals surface area contributed by atoms with Gasteiger partial charge in [0.15, 0.2) is 0 Å². The fourth-order valence-electron chi connectivity index (χ4n) is 4.95. The third kappa shape index (κ3) is 4.77. The maximum absolute atomic E-state index is 13.1. The maximum Gasteiger partial charge on any atom is 0.268 e. The van der Waals surface area contributed by atoms with E-state index >= 15 is 0 Å². The van der Waals surface area contributed by atoms with Gasteiger partial charge < -0.3 is 19.8 Å². The first-order valence-corrected chi connectivity index (χ1v) is 11.7. The maximum atomic E-state index is 13.1. The number of amides is 2. The highest BCUT2D eigenvalue weighted by Gasteiger charge is 2.35. The van der Waals surface area contributed by atoms with E-state index < -0.39 is 0 Å². The van der Waals surface area contributed by atoms with Crippen LogP contribution >= 0.6 is 0 Å². The van der Waals surface area contributed by atoms with E-state index in [0.717, 1.165) is 70.3 Å². The van der Waals surface area contributed by atoms with Crippen LogP contribution in [0.15, 0.2) is 36.5 Å². The van der Waals surface area contributed by atoms with Gasteiger partial charge in [-0.1, -0.05) is 6.07 Å². The Hall–Kier alpha value is -2.38. The highest BCUT2D eigenvalue weighted by Crippen LogP contribution is 2.25. The third-order valence-corrected chi connectivity index (χ3v) is 6.91. The van der Waals surface area contributed by atoms with Crippen molar-refractivity contribution in [1.29, 1.82) is 0 Å². The standard InChI is InChI=1S/C24H32N4O3/c29-23(25-18-6-7-18)17-4-5-19(16-27(15-17)20-10-13-31-14-11-20)26-24(30)22-9-8-21-3-1-2-12-28(21)22/h1-3,8-9,12,17-20H,4-7,10-11,13-16H2,(H,25,29)(H,26,30)/t17-,19+/m1/s1. The summed E-state index contributed by atoms with van der Waals surface area (Å²) in [6.07, 6.45) is 7.72. The Labute approximate surface area is 183 Å². The molecule has 1 saturated carbocycles. The average Bonchev–Trinajstić information content (AvgIpc) is 3.54. The van der Waals surface area contributed by atoms with Gasteiger partial charge in [-0.2, -0.15) is 0 Å².